The lowest BCUT2D eigenvalue weighted by Gasteiger charge is -2.17. The van der Waals surface area contributed by atoms with E-state index in [1.165, 1.54) is 0 Å². The number of hydrogen-bond acceptors (Lipinski definition) is 4. The van der Waals surface area contributed by atoms with Crippen LogP contribution in [-0.2, 0) is 4.79 Å². The van der Waals surface area contributed by atoms with Gasteiger partial charge in [0.2, 0.25) is 0 Å². The minimum absolute atomic E-state index is 0.330. The third kappa shape index (κ3) is 4.97. The summed E-state index contributed by atoms with van der Waals surface area (Å²) in [7, 11) is 0. The highest BCUT2D eigenvalue weighted by Crippen LogP contribution is 2.27. The van der Waals surface area contributed by atoms with E-state index in [1.807, 2.05) is 32.9 Å². The maximum absolute atomic E-state index is 12.2. The molecule has 1 amide bonds. The zero-order valence-electron chi connectivity index (χ0n) is 14.8. The van der Waals surface area contributed by atoms with Crippen molar-refractivity contribution in [2.24, 2.45) is 5.10 Å². The van der Waals surface area contributed by atoms with Gasteiger partial charge in [0.05, 0.1) is 5.71 Å². The number of nitrogens with zero attached hydrogens (tertiary/aromatic N) is 1. The predicted molar refractivity (Wildman–Crippen MR) is 102 cm³/mol. The van der Waals surface area contributed by atoms with Gasteiger partial charge in [-0.25, -0.2) is 5.43 Å². The third-order valence-electron chi connectivity index (χ3n) is 3.75. The van der Waals surface area contributed by atoms with Crippen LogP contribution >= 0.6 is 11.6 Å². The van der Waals surface area contributed by atoms with Crippen LogP contribution in [0.15, 0.2) is 41.5 Å². The first-order valence-electron chi connectivity index (χ1n) is 7.91. The van der Waals surface area contributed by atoms with Gasteiger partial charge in [-0.15, -0.1) is 0 Å². The van der Waals surface area contributed by atoms with Gasteiger partial charge in [0.15, 0.2) is 6.10 Å². The molecule has 132 valence electrons. The van der Waals surface area contributed by atoms with E-state index >= 15 is 0 Å². The number of carbonyl (C=O) groups is 1. The number of amides is 1. The Morgan fingerprint density at radius 2 is 1.76 bits per heavy atom. The lowest BCUT2D eigenvalue weighted by molar-refractivity contribution is -0.127. The van der Waals surface area contributed by atoms with Gasteiger partial charge in [0, 0.05) is 10.7 Å². The Kier molecular flexibility index (Phi) is 6.04. The number of rotatable bonds is 5. The van der Waals surface area contributed by atoms with Gasteiger partial charge >= 0.3 is 0 Å². The number of nitrogens with two attached hydrogens (primary N) is 1. The predicted octanol–water partition coefficient (Wildman–Crippen LogP) is 3.85. The van der Waals surface area contributed by atoms with Gasteiger partial charge < -0.3 is 10.5 Å². The number of hydrazone groups is 1. The van der Waals surface area contributed by atoms with Crippen molar-refractivity contribution in [3.8, 4) is 5.75 Å². The fourth-order valence-electron chi connectivity index (χ4n) is 2.33. The summed E-state index contributed by atoms with van der Waals surface area (Å²) in [6.45, 7) is 7.27. The van der Waals surface area contributed by atoms with Crippen molar-refractivity contribution in [3.63, 3.8) is 0 Å². The molecule has 2 aromatic carbocycles. The van der Waals surface area contributed by atoms with Crippen molar-refractivity contribution in [2.75, 3.05) is 5.73 Å². The smallest absolute Gasteiger partial charge is 0.280 e. The second-order valence-corrected chi connectivity index (χ2v) is 6.36. The van der Waals surface area contributed by atoms with Crippen LogP contribution in [0.2, 0.25) is 5.02 Å². The highest BCUT2D eigenvalue weighted by atomic mass is 35.5. The summed E-state index contributed by atoms with van der Waals surface area (Å²) in [4.78, 5) is 12.2. The van der Waals surface area contributed by atoms with Crippen molar-refractivity contribution in [1.82, 2.24) is 5.43 Å². The van der Waals surface area contributed by atoms with Gasteiger partial charge in [-0.1, -0.05) is 23.7 Å². The molecule has 5 nitrogen and oxygen atoms in total. The standard InChI is InChI=1S/C19H22ClN3O2/c1-11-9-16(20)10-12(2)18(11)25-14(4)19(24)23-22-13(3)15-5-7-17(21)8-6-15/h5-10,14H,21H2,1-4H3,(H,23,24)/b22-13-/t14-/m0/s1. The monoisotopic (exact) mass is 359 g/mol. The molecular weight excluding hydrogens is 338 g/mol. The normalized spacial score (nSPS) is 12.6. The number of hydrogen-bond donors (Lipinski definition) is 2. The van der Waals surface area contributed by atoms with E-state index < -0.39 is 6.10 Å². The van der Waals surface area contributed by atoms with E-state index in [4.69, 9.17) is 22.1 Å². The lowest BCUT2D eigenvalue weighted by atomic mass is 10.1. The summed E-state index contributed by atoms with van der Waals surface area (Å²) in [6.07, 6.45) is -0.693. The Morgan fingerprint density at radius 1 is 1.20 bits per heavy atom. The molecule has 0 saturated carbocycles. The molecular formula is C19H22ClN3O2. The first-order chi connectivity index (χ1) is 11.8. The van der Waals surface area contributed by atoms with Crippen LogP contribution in [0.5, 0.6) is 5.75 Å². The molecule has 3 N–H and O–H groups in total. The van der Waals surface area contributed by atoms with Gasteiger partial charge in [-0.3, -0.25) is 4.79 Å². The van der Waals surface area contributed by atoms with Crippen LogP contribution in [0.1, 0.15) is 30.5 Å². The maximum Gasteiger partial charge on any atom is 0.280 e. The molecule has 0 bridgehead atoms. The molecule has 0 aliphatic heterocycles. The van der Waals surface area contributed by atoms with E-state index in [0.29, 0.717) is 22.2 Å². The number of anilines is 1. The number of carbonyl (C=O) groups excluding carboxylic acids is 1. The quantitative estimate of drug-likeness (QED) is 0.483. The molecule has 2 rings (SSSR count). The second kappa shape index (κ2) is 8.03. The maximum atomic E-state index is 12.2. The van der Waals surface area contributed by atoms with Crippen LogP contribution in [-0.4, -0.2) is 17.7 Å². The first-order valence-corrected chi connectivity index (χ1v) is 8.29. The Labute approximate surface area is 152 Å². The second-order valence-electron chi connectivity index (χ2n) is 5.92. The van der Waals surface area contributed by atoms with Crippen molar-refractivity contribution < 1.29 is 9.53 Å². The molecule has 1 atom stereocenters. The molecule has 0 fully saturated rings. The molecule has 2 aromatic rings. The lowest BCUT2D eigenvalue weighted by Crippen LogP contribution is -2.34. The average molecular weight is 360 g/mol. The van der Waals surface area contributed by atoms with Crippen LogP contribution in [0.3, 0.4) is 0 Å². The van der Waals surface area contributed by atoms with Crippen LogP contribution in [0.4, 0.5) is 5.69 Å². The molecule has 0 heterocycles. The number of ether oxygens (including phenoxy) is 1. The molecule has 0 saturated heterocycles. The van der Waals surface area contributed by atoms with E-state index in [1.54, 1.807) is 31.2 Å². The SMILES string of the molecule is C/C(=N/NC(=O)[C@H](C)Oc1c(C)cc(Cl)cc1C)c1ccc(N)cc1. The van der Waals surface area contributed by atoms with Crippen molar-refractivity contribution in [2.45, 2.75) is 33.8 Å². The Hall–Kier alpha value is -2.53. The number of halogens is 1. The molecule has 0 unspecified atom stereocenters. The molecule has 0 aliphatic rings. The highest BCUT2D eigenvalue weighted by molar-refractivity contribution is 6.30. The van der Waals surface area contributed by atoms with Crippen molar-refractivity contribution in [3.05, 3.63) is 58.1 Å². The Morgan fingerprint density at radius 3 is 2.32 bits per heavy atom. The van der Waals surface area contributed by atoms with Crippen molar-refractivity contribution in [1.29, 1.82) is 0 Å². The number of nitrogen functional groups attached to an aromatic ring is 1. The summed E-state index contributed by atoms with van der Waals surface area (Å²) in [6, 6.07) is 10.9. The van der Waals surface area contributed by atoms with E-state index in [0.717, 1.165) is 16.7 Å². The minimum atomic E-state index is -0.693. The van der Waals surface area contributed by atoms with E-state index in [2.05, 4.69) is 10.5 Å². The van der Waals surface area contributed by atoms with Crippen LogP contribution in [0, 0.1) is 13.8 Å². The number of aryl methyl sites for hydroxylation is 2. The van der Waals surface area contributed by atoms with Crippen LogP contribution in [0.25, 0.3) is 0 Å². The zero-order valence-corrected chi connectivity index (χ0v) is 15.5. The summed E-state index contributed by atoms with van der Waals surface area (Å²) in [5.74, 6) is 0.329. The van der Waals surface area contributed by atoms with Gasteiger partial charge in [-0.2, -0.15) is 5.10 Å². The number of benzene rings is 2. The largest absolute Gasteiger partial charge is 0.480 e. The molecule has 0 spiro atoms. The fourth-order valence-corrected chi connectivity index (χ4v) is 2.66. The Balaban J connectivity index is 2.03. The summed E-state index contributed by atoms with van der Waals surface area (Å²) in [5.41, 5.74) is 12.2. The highest BCUT2D eigenvalue weighted by Gasteiger charge is 2.17. The molecule has 25 heavy (non-hydrogen) atoms. The topological polar surface area (TPSA) is 76.7 Å². The van der Waals surface area contributed by atoms with E-state index in [-0.39, 0.29) is 5.91 Å². The summed E-state index contributed by atoms with van der Waals surface area (Å²) >= 11 is 6.01. The summed E-state index contributed by atoms with van der Waals surface area (Å²) < 4.78 is 5.79. The van der Waals surface area contributed by atoms with E-state index in [9.17, 15) is 4.79 Å². The molecule has 0 aliphatic carbocycles. The molecule has 6 heteroatoms. The number of nitrogens with one attached hydrogen (secondary N) is 1. The fraction of sp³-hybridized carbons (Fsp3) is 0.263. The molecule has 0 radical (unpaired) electrons. The average Bonchev–Trinajstić information content (AvgIpc) is 2.56. The van der Waals surface area contributed by atoms with Gasteiger partial charge in [-0.05, 0) is 68.7 Å². The summed E-state index contributed by atoms with van der Waals surface area (Å²) in [5, 5.41) is 4.76. The Bertz CT molecular complexity index is 778. The third-order valence-corrected chi connectivity index (χ3v) is 3.97. The first kappa shape index (κ1) is 18.8. The minimum Gasteiger partial charge on any atom is -0.480 e. The van der Waals surface area contributed by atoms with Crippen LogP contribution < -0.4 is 15.9 Å². The zero-order chi connectivity index (χ0) is 18.6. The van der Waals surface area contributed by atoms with Crippen molar-refractivity contribution >= 4 is 28.9 Å². The molecule has 0 aromatic heterocycles. The van der Waals surface area contributed by atoms with Gasteiger partial charge in [0.1, 0.15) is 5.75 Å². The van der Waals surface area contributed by atoms with Gasteiger partial charge in [0.25, 0.3) is 5.91 Å².